The molecule has 0 radical (unpaired) electrons. The van der Waals surface area contributed by atoms with Crippen LogP contribution < -0.4 is 5.32 Å². The van der Waals surface area contributed by atoms with Gasteiger partial charge in [0.15, 0.2) is 6.23 Å². The number of carbonyl (C=O) groups excluding carboxylic acids is 2. The van der Waals surface area contributed by atoms with Crippen molar-refractivity contribution in [2.75, 3.05) is 6.61 Å². The molecule has 114 valence electrons. The van der Waals surface area contributed by atoms with E-state index in [4.69, 9.17) is 15.1 Å². The van der Waals surface area contributed by atoms with Gasteiger partial charge in [0.05, 0.1) is 12.7 Å². The van der Waals surface area contributed by atoms with Crippen LogP contribution in [-0.4, -0.2) is 74.3 Å². The Hall–Kier alpha value is -1.30. The standard InChI is InChI=1S/C10H16N2O8/c1-10(20-18)7(15)11-9(17)12(8(10)16)6-2-4(14)5(3-13)19-6/h4-6,8,13-14,16,18H,2-3H2,1H3,(H,11,15,17)/t4-,5+,6+,8-,10+/m0/s1. The monoisotopic (exact) mass is 292 g/mol. The van der Waals surface area contributed by atoms with Crippen molar-refractivity contribution >= 4 is 11.9 Å². The largest absolute Gasteiger partial charge is 0.394 e. The van der Waals surface area contributed by atoms with Crippen molar-refractivity contribution in [1.29, 1.82) is 0 Å². The van der Waals surface area contributed by atoms with Crippen molar-refractivity contribution in [3.63, 3.8) is 0 Å². The molecule has 2 aliphatic heterocycles. The molecule has 10 nitrogen and oxygen atoms in total. The lowest BCUT2D eigenvalue weighted by Crippen LogP contribution is -2.71. The lowest BCUT2D eigenvalue weighted by Gasteiger charge is -2.43. The topological polar surface area (TPSA) is 149 Å². The fourth-order valence-electron chi connectivity index (χ4n) is 2.21. The van der Waals surface area contributed by atoms with E-state index in [1.807, 2.05) is 5.32 Å². The van der Waals surface area contributed by atoms with Crippen molar-refractivity contribution < 1.29 is 39.8 Å². The number of nitrogens with one attached hydrogen (secondary N) is 1. The highest BCUT2D eigenvalue weighted by Crippen LogP contribution is 2.30. The van der Waals surface area contributed by atoms with Crippen molar-refractivity contribution in [3.8, 4) is 0 Å². The molecule has 20 heavy (non-hydrogen) atoms. The zero-order chi connectivity index (χ0) is 15.1. The van der Waals surface area contributed by atoms with Crippen molar-refractivity contribution in [2.45, 2.75) is 43.6 Å². The van der Waals surface area contributed by atoms with Gasteiger partial charge in [0.1, 0.15) is 12.3 Å². The molecule has 2 rings (SSSR count). The minimum atomic E-state index is -2.08. The summed E-state index contributed by atoms with van der Waals surface area (Å²) in [4.78, 5) is 28.1. The third kappa shape index (κ3) is 2.16. The Balaban J connectivity index is 2.23. The number of imide groups is 1. The summed E-state index contributed by atoms with van der Waals surface area (Å²) in [5.74, 6) is -1.01. The first kappa shape index (κ1) is 15.1. The Morgan fingerprint density at radius 2 is 2.15 bits per heavy atom. The number of aliphatic hydroxyl groups is 3. The molecule has 2 aliphatic rings. The second-order valence-corrected chi connectivity index (χ2v) is 4.85. The van der Waals surface area contributed by atoms with Gasteiger partial charge in [-0.25, -0.2) is 9.68 Å². The molecule has 2 saturated heterocycles. The summed E-state index contributed by atoms with van der Waals surface area (Å²) in [6, 6.07) is -0.951. The number of urea groups is 1. The van der Waals surface area contributed by atoms with E-state index in [9.17, 15) is 19.8 Å². The van der Waals surface area contributed by atoms with E-state index in [0.717, 1.165) is 11.8 Å². The molecule has 0 unspecified atom stereocenters. The normalized spacial score (nSPS) is 42.0. The Morgan fingerprint density at radius 1 is 1.50 bits per heavy atom. The van der Waals surface area contributed by atoms with Crippen molar-refractivity contribution in [2.24, 2.45) is 0 Å². The second kappa shape index (κ2) is 5.24. The molecule has 0 bridgehead atoms. The van der Waals surface area contributed by atoms with Gasteiger partial charge in [-0.3, -0.25) is 20.3 Å². The maximum atomic E-state index is 11.8. The molecule has 5 atom stereocenters. The number of aliphatic hydroxyl groups excluding tert-OH is 3. The number of hydrogen-bond donors (Lipinski definition) is 5. The molecule has 0 aromatic rings. The van der Waals surface area contributed by atoms with Gasteiger partial charge < -0.3 is 20.1 Å². The Bertz CT molecular complexity index is 418. The first-order valence-electron chi connectivity index (χ1n) is 5.94. The molecule has 2 heterocycles. The quantitative estimate of drug-likeness (QED) is 0.285. The van der Waals surface area contributed by atoms with Crippen molar-refractivity contribution in [1.82, 2.24) is 10.2 Å². The molecule has 10 heteroatoms. The number of amides is 3. The van der Waals surface area contributed by atoms with Gasteiger partial charge in [0.25, 0.3) is 5.91 Å². The molecule has 3 amide bonds. The number of nitrogens with zero attached hydrogens (tertiary/aromatic N) is 1. The molecular formula is C10H16N2O8. The summed E-state index contributed by atoms with van der Waals surface area (Å²) in [5, 5.41) is 39.4. The van der Waals surface area contributed by atoms with Crippen LogP contribution in [0, 0.1) is 0 Å². The number of ether oxygens (including phenoxy) is 1. The van der Waals surface area contributed by atoms with Crippen LogP contribution >= 0.6 is 0 Å². The van der Waals surface area contributed by atoms with Crippen LogP contribution in [0.3, 0.4) is 0 Å². The van der Waals surface area contributed by atoms with E-state index in [-0.39, 0.29) is 6.42 Å². The van der Waals surface area contributed by atoms with Crippen LogP contribution in [0.25, 0.3) is 0 Å². The molecular weight excluding hydrogens is 276 g/mol. The Kier molecular flexibility index (Phi) is 3.95. The minimum absolute atomic E-state index is 0.0641. The van der Waals surface area contributed by atoms with Gasteiger partial charge in [-0.15, -0.1) is 0 Å². The van der Waals surface area contributed by atoms with Crippen LogP contribution in [0.4, 0.5) is 4.79 Å². The van der Waals surface area contributed by atoms with E-state index in [0.29, 0.717) is 0 Å². The number of rotatable bonds is 3. The van der Waals surface area contributed by atoms with E-state index in [1.54, 1.807) is 0 Å². The smallest absolute Gasteiger partial charge is 0.328 e. The Morgan fingerprint density at radius 3 is 2.65 bits per heavy atom. The van der Waals surface area contributed by atoms with E-state index in [2.05, 4.69) is 4.89 Å². The molecule has 5 N–H and O–H groups in total. The molecule has 2 fully saturated rings. The predicted molar refractivity (Wildman–Crippen MR) is 59.9 cm³/mol. The molecule has 0 saturated carbocycles. The highest BCUT2D eigenvalue weighted by molar-refractivity contribution is 6.01. The van der Waals surface area contributed by atoms with Gasteiger partial charge in [0, 0.05) is 6.42 Å². The number of carbonyl (C=O) groups is 2. The SMILES string of the molecule is C[C@@]1(OO)C(=O)NC(=O)N([C@H]2C[C@H](O)[C@@H](CO)O2)[C@H]1O. The lowest BCUT2D eigenvalue weighted by atomic mass is 10.00. The summed E-state index contributed by atoms with van der Waals surface area (Å²) in [6.45, 7) is 0.622. The highest BCUT2D eigenvalue weighted by Gasteiger charge is 2.56. The van der Waals surface area contributed by atoms with Crippen LogP contribution in [0.2, 0.25) is 0 Å². The molecule has 0 aromatic heterocycles. The molecule has 0 aliphatic carbocycles. The summed E-state index contributed by atoms with van der Waals surface area (Å²) in [7, 11) is 0. The van der Waals surface area contributed by atoms with Gasteiger partial charge in [-0.05, 0) is 6.92 Å². The van der Waals surface area contributed by atoms with Gasteiger partial charge in [-0.2, -0.15) is 0 Å². The third-order valence-electron chi connectivity index (χ3n) is 3.55. The summed E-state index contributed by atoms with van der Waals surface area (Å²) in [5.41, 5.74) is -2.08. The minimum Gasteiger partial charge on any atom is -0.394 e. The molecule has 0 aromatic carbocycles. The van der Waals surface area contributed by atoms with E-state index >= 15 is 0 Å². The van der Waals surface area contributed by atoms with Gasteiger partial charge >= 0.3 is 6.03 Å². The maximum Gasteiger partial charge on any atom is 0.328 e. The average molecular weight is 292 g/mol. The zero-order valence-corrected chi connectivity index (χ0v) is 10.6. The highest BCUT2D eigenvalue weighted by atomic mass is 17.1. The summed E-state index contributed by atoms with van der Waals surface area (Å²) in [6.07, 6.45) is -4.88. The van der Waals surface area contributed by atoms with Crippen LogP contribution in [0.1, 0.15) is 13.3 Å². The average Bonchev–Trinajstić information content (AvgIpc) is 2.77. The fraction of sp³-hybridized carbons (Fsp3) is 0.800. The summed E-state index contributed by atoms with van der Waals surface area (Å²) >= 11 is 0. The first-order valence-corrected chi connectivity index (χ1v) is 5.94. The number of hydrogen-bond acceptors (Lipinski definition) is 8. The fourth-order valence-corrected chi connectivity index (χ4v) is 2.21. The van der Waals surface area contributed by atoms with Crippen LogP contribution in [0.15, 0.2) is 0 Å². The summed E-state index contributed by atoms with van der Waals surface area (Å²) < 4.78 is 5.23. The van der Waals surface area contributed by atoms with Crippen LogP contribution in [0.5, 0.6) is 0 Å². The third-order valence-corrected chi connectivity index (χ3v) is 3.55. The van der Waals surface area contributed by atoms with Gasteiger partial charge in [0.2, 0.25) is 5.60 Å². The van der Waals surface area contributed by atoms with Crippen LogP contribution in [-0.2, 0) is 14.4 Å². The lowest BCUT2D eigenvalue weighted by molar-refractivity contribution is -0.344. The zero-order valence-electron chi connectivity index (χ0n) is 10.6. The first-order chi connectivity index (χ1) is 9.35. The van der Waals surface area contributed by atoms with Gasteiger partial charge in [-0.1, -0.05) is 0 Å². The maximum absolute atomic E-state index is 11.8. The van der Waals surface area contributed by atoms with E-state index < -0.39 is 48.8 Å². The van der Waals surface area contributed by atoms with Crippen molar-refractivity contribution in [3.05, 3.63) is 0 Å². The predicted octanol–water partition coefficient (Wildman–Crippen LogP) is -2.43. The molecule has 0 spiro atoms. The van der Waals surface area contributed by atoms with E-state index in [1.165, 1.54) is 0 Å². The second-order valence-electron chi connectivity index (χ2n) is 4.85. The Labute approximate surface area is 113 Å².